The Bertz CT molecular complexity index is 447. The summed E-state index contributed by atoms with van der Waals surface area (Å²) in [6.07, 6.45) is 16.7. The zero-order valence-electron chi connectivity index (χ0n) is 16.2. The van der Waals surface area contributed by atoms with Gasteiger partial charge in [0.2, 0.25) is 0 Å². The Hall–Kier alpha value is -0.830. The predicted molar refractivity (Wildman–Crippen MR) is 102 cm³/mol. The summed E-state index contributed by atoms with van der Waals surface area (Å²) in [5.74, 6) is 1.45. The first-order chi connectivity index (χ1) is 12.3. The fraction of sp³-hybridized carbons (Fsp3) is 0.864. The molecule has 0 radical (unpaired) electrons. The van der Waals surface area contributed by atoms with Crippen molar-refractivity contribution in [2.45, 2.75) is 77.6 Å². The van der Waals surface area contributed by atoms with E-state index in [-0.39, 0.29) is 11.9 Å². The molecule has 1 atom stereocenters. The van der Waals surface area contributed by atoms with Crippen molar-refractivity contribution in [3.8, 4) is 0 Å². The lowest BCUT2D eigenvalue weighted by atomic mass is 9.77. The monoisotopic (exact) mass is 347 g/mol. The van der Waals surface area contributed by atoms with Crippen LogP contribution in [0.2, 0.25) is 0 Å². The van der Waals surface area contributed by atoms with Crippen LogP contribution in [0.5, 0.6) is 0 Å². The largest absolute Gasteiger partial charge is 0.465 e. The lowest BCUT2D eigenvalue weighted by Crippen LogP contribution is -2.41. The molecule has 0 saturated heterocycles. The molecule has 0 aromatic carbocycles. The van der Waals surface area contributed by atoms with Crippen molar-refractivity contribution in [2.24, 2.45) is 17.8 Å². The SMILES string of the molecule is CCN1CC=C(C2CCCCC2)C(C(=O)OCCC2CCCCC2)C1. The fourth-order valence-corrected chi connectivity index (χ4v) is 5.07. The van der Waals surface area contributed by atoms with Crippen molar-refractivity contribution in [3.05, 3.63) is 11.6 Å². The molecule has 1 unspecified atom stereocenters. The van der Waals surface area contributed by atoms with Gasteiger partial charge in [-0.3, -0.25) is 9.69 Å². The molecule has 3 aliphatic rings. The summed E-state index contributed by atoms with van der Waals surface area (Å²) in [5.41, 5.74) is 1.41. The summed E-state index contributed by atoms with van der Waals surface area (Å²) in [5, 5.41) is 0. The van der Waals surface area contributed by atoms with Crippen molar-refractivity contribution in [1.82, 2.24) is 4.90 Å². The summed E-state index contributed by atoms with van der Waals surface area (Å²) in [7, 11) is 0. The third-order valence-electron chi connectivity index (χ3n) is 6.73. The number of carbonyl (C=O) groups excluding carboxylic acids is 1. The van der Waals surface area contributed by atoms with E-state index in [1.165, 1.54) is 69.8 Å². The first-order valence-electron chi connectivity index (χ1n) is 10.9. The van der Waals surface area contributed by atoms with Crippen LogP contribution in [-0.2, 0) is 9.53 Å². The molecule has 2 saturated carbocycles. The van der Waals surface area contributed by atoms with E-state index in [2.05, 4.69) is 17.9 Å². The molecule has 2 aliphatic carbocycles. The molecule has 0 spiro atoms. The number of rotatable bonds is 6. The maximum absolute atomic E-state index is 12.9. The number of hydrogen-bond donors (Lipinski definition) is 0. The van der Waals surface area contributed by atoms with E-state index in [1.807, 2.05) is 0 Å². The van der Waals surface area contributed by atoms with Crippen molar-refractivity contribution in [2.75, 3.05) is 26.2 Å². The highest BCUT2D eigenvalue weighted by atomic mass is 16.5. The van der Waals surface area contributed by atoms with Gasteiger partial charge in [-0.25, -0.2) is 0 Å². The molecular weight excluding hydrogens is 310 g/mol. The molecule has 0 bridgehead atoms. The van der Waals surface area contributed by atoms with E-state index >= 15 is 0 Å². The number of hydrogen-bond acceptors (Lipinski definition) is 3. The van der Waals surface area contributed by atoms with Crippen LogP contribution >= 0.6 is 0 Å². The van der Waals surface area contributed by atoms with Gasteiger partial charge in [0.15, 0.2) is 0 Å². The van der Waals surface area contributed by atoms with Gasteiger partial charge in [-0.2, -0.15) is 0 Å². The minimum absolute atomic E-state index is 0.0110. The highest BCUT2D eigenvalue weighted by Crippen LogP contribution is 2.36. The van der Waals surface area contributed by atoms with E-state index < -0.39 is 0 Å². The van der Waals surface area contributed by atoms with Crippen LogP contribution in [0.3, 0.4) is 0 Å². The summed E-state index contributed by atoms with van der Waals surface area (Å²) < 4.78 is 5.79. The molecule has 3 rings (SSSR count). The van der Waals surface area contributed by atoms with Crippen LogP contribution in [0.1, 0.15) is 77.6 Å². The Morgan fingerprint density at radius 1 is 1.08 bits per heavy atom. The van der Waals surface area contributed by atoms with E-state index in [1.54, 1.807) is 0 Å². The first-order valence-corrected chi connectivity index (χ1v) is 10.9. The minimum Gasteiger partial charge on any atom is -0.465 e. The van der Waals surface area contributed by atoms with Crippen LogP contribution in [0.4, 0.5) is 0 Å². The maximum Gasteiger partial charge on any atom is 0.314 e. The van der Waals surface area contributed by atoms with E-state index in [9.17, 15) is 4.79 Å². The van der Waals surface area contributed by atoms with Crippen molar-refractivity contribution in [1.29, 1.82) is 0 Å². The molecule has 3 nitrogen and oxygen atoms in total. The quantitative estimate of drug-likeness (QED) is 0.502. The topological polar surface area (TPSA) is 29.5 Å². The van der Waals surface area contributed by atoms with Gasteiger partial charge in [-0.15, -0.1) is 0 Å². The van der Waals surface area contributed by atoms with Crippen LogP contribution in [0.25, 0.3) is 0 Å². The van der Waals surface area contributed by atoms with Gasteiger partial charge in [0.05, 0.1) is 12.5 Å². The van der Waals surface area contributed by atoms with Gasteiger partial charge < -0.3 is 4.74 Å². The van der Waals surface area contributed by atoms with E-state index in [0.29, 0.717) is 12.5 Å². The average Bonchev–Trinajstić information content (AvgIpc) is 2.69. The zero-order chi connectivity index (χ0) is 17.5. The van der Waals surface area contributed by atoms with Gasteiger partial charge in [-0.1, -0.05) is 69.9 Å². The van der Waals surface area contributed by atoms with Crippen LogP contribution in [-0.4, -0.2) is 37.1 Å². The molecule has 0 N–H and O–H groups in total. The smallest absolute Gasteiger partial charge is 0.314 e. The Balaban J connectivity index is 1.54. The minimum atomic E-state index is -0.0110. The normalized spacial score (nSPS) is 27.1. The standard InChI is InChI=1S/C22H37NO2/c1-2-23-15-13-20(19-11-7-4-8-12-19)21(17-23)22(24)25-16-14-18-9-5-3-6-10-18/h13,18-19,21H,2-12,14-17H2,1H3. The van der Waals surface area contributed by atoms with E-state index in [0.717, 1.165) is 32.0 Å². The summed E-state index contributed by atoms with van der Waals surface area (Å²) in [6, 6.07) is 0. The third kappa shape index (κ3) is 5.32. The first kappa shape index (κ1) is 18.9. The summed E-state index contributed by atoms with van der Waals surface area (Å²) >= 11 is 0. The molecule has 0 amide bonds. The van der Waals surface area contributed by atoms with Crippen molar-refractivity contribution < 1.29 is 9.53 Å². The number of ether oxygens (including phenoxy) is 1. The Labute approximate surface area is 154 Å². The van der Waals surface area contributed by atoms with Crippen molar-refractivity contribution in [3.63, 3.8) is 0 Å². The highest BCUT2D eigenvalue weighted by Gasteiger charge is 2.34. The van der Waals surface area contributed by atoms with Gasteiger partial charge in [0, 0.05) is 13.1 Å². The second-order valence-corrected chi connectivity index (χ2v) is 8.40. The number of esters is 1. The molecule has 0 aromatic rings. The average molecular weight is 348 g/mol. The summed E-state index contributed by atoms with van der Waals surface area (Å²) in [4.78, 5) is 15.2. The molecular formula is C22H37NO2. The van der Waals surface area contributed by atoms with Crippen molar-refractivity contribution >= 4 is 5.97 Å². The van der Waals surface area contributed by atoms with Gasteiger partial charge in [-0.05, 0) is 37.6 Å². The fourth-order valence-electron chi connectivity index (χ4n) is 5.07. The predicted octanol–water partition coefficient (Wildman–Crippen LogP) is 4.96. The van der Waals surface area contributed by atoms with Gasteiger partial charge in [0.1, 0.15) is 0 Å². The third-order valence-corrected chi connectivity index (χ3v) is 6.73. The Morgan fingerprint density at radius 2 is 1.76 bits per heavy atom. The number of nitrogens with zero attached hydrogens (tertiary/aromatic N) is 1. The second-order valence-electron chi connectivity index (χ2n) is 8.40. The molecule has 2 fully saturated rings. The van der Waals surface area contributed by atoms with Gasteiger partial charge >= 0.3 is 5.97 Å². The number of carbonyl (C=O) groups is 1. The lowest BCUT2D eigenvalue weighted by molar-refractivity contribution is -0.148. The Kier molecular flexibility index (Phi) is 7.39. The zero-order valence-corrected chi connectivity index (χ0v) is 16.2. The molecule has 0 aromatic heterocycles. The van der Waals surface area contributed by atoms with E-state index in [4.69, 9.17) is 4.74 Å². The molecule has 25 heavy (non-hydrogen) atoms. The second kappa shape index (κ2) is 9.75. The molecule has 1 heterocycles. The van der Waals surface area contributed by atoms with Crippen LogP contribution in [0, 0.1) is 17.8 Å². The van der Waals surface area contributed by atoms with Crippen LogP contribution in [0.15, 0.2) is 11.6 Å². The number of likely N-dealkylation sites (N-methyl/N-ethyl adjacent to an activating group) is 1. The molecule has 3 heteroatoms. The highest BCUT2D eigenvalue weighted by molar-refractivity contribution is 5.76. The summed E-state index contributed by atoms with van der Waals surface area (Å²) in [6.45, 7) is 5.70. The van der Waals surface area contributed by atoms with Gasteiger partial charge in [0.25, 0.3) is 0 Å². The lowest BCUT2D eigenvalue weighted by Gasteiger charge is -2.36. The molecule has 142 valence electrons. The Morgan fingerprint density at radius 3 is 2.44 bits per heavy atom. The van der Waals surface area contributed by atoms with Crippen LogP contribution < -0.4 is 0 Å². The molecule has 1 aliphatic heterocycles. The maximum atomic E-state index is 12.9.